The molecule has 6 amide bonds. The quantitative estimate of drug-likeness (QED) is 0.201. The Hall–Kier alpha value is -4.29. The van der Waals surface area contributed by atoms with Crippen molar-refractivity contribution < 1.29 is 33.6 Å². The van der Waals surface area contributed by atoms with Gasteiger partial charge >= 0.3 is 0 Å². The molecule has 0 radical (unpaired) electrons. The molecule has 4 fully saturated rings. The van der Waals surface area contributed by atoms with Crippen molar-refractivity contribution in [1.29, 1.82) is 0 Å². The van der Waals surface area contributed by atoms with E-state index >= 15 is 0 Å². The van der Waals surface area contributed by atoms with Crippen LogP contribution in [-0.2, 0) is 33.6 Å². The van der Waals surface area contributed by atoms with Gasteiger partial charge in [-0.1, -0.05) is 90.1 Å². The van der Waals surface area contributed by atoms with E-state index in [2.05, 4.69) is 21.3 Å². The SMILES string of the molecule is CCCCC(NC(=O)[C@@H]1C2CC([C@H]3C[C@@H]23)N1C(=O)[C@@H](NC(=O)C(C)(C)C)C1CCCCC1)C(=O)C(=O)NCC(=O)N[C@H](C(=O)N(C)C)c1ccccc1. The predicted molar refractivity (Wildman–Crippen MR) is 198 cm³/mol. The Balaban J connectivity index is 1.28. The van der Waals surface area contributed by atoms with Crippen LogP contribution in [0.25, 0.3) is 0 Å². The van der Waals surface area contributed by atoms with Crippen molar-refractivity contribution in [2.45, 2.75) is 122 Å². The summed E-state index contributed by atoms with van der Waals surface area (Å²) in [4.78, 5) is 97.8. The summed E-state index contributed by atoms with van der Waals surface area (Å²) < 4.78 is 0. The van der Waals surface area contributed by atoms with E-state index in [9.17, 15) is 33.6 Å². The zero-order valence-corrected chi connectivity index (χ0v) is 32.1. The third kappa shape index (κ3) is 9.09. The van der Waals surface area contributed by atoms with E-state index in [1.165, 1.54) is 4.90 Å². The van der Waals surface area contributed by atoms with Gasteiger partial charge in [-0.2, -0.15) is 0 Å². The topological polar surface area (TPSA) is 174 Å². The van der Waals surface area contributed by atoms with Crippen molar-refractivity contribution >= 4 is 41.2 Å². The van der Waals surface area contributed by atoms with Crippen molar-refractivity contribution in [3.8, 4) is 0 Å². The average molecular weight is 735 g/mol. The van der Waals surface area contributed by atoms with Crippen LogP contribution < -0.4 is 21.3 Å². The van der Waals surface area contributed by atoms with Gasteiger partial charge in [0, 0.05) is 25.6 Å². The summed E-state index contributed by atoms with van der Waals surface area (Å²) in [6.07, 6.45) is 7.82. The maximum atomic E-state index is 14.6. The first-order valence-corrected chi connectivity index (χ1v) is 19.4. The van der Waals surface area contributed by atoms with Gasteiger partial charge in [0.05, 0.1) is 12.6 Å². The number of carbonyl (C=O) groups is 7. The highest BCUT2D eigenvalue weighted by Crippen LogP contribution is 2.63. The van der Waals surface area contributed by atoms with Gasteiger partial charge in [-0.3, -0.25) is 33.6 Å². The second kappa shape index (κ2) is 16.8. The number of ketones is 1. The van der Waals surface area contributed by atoms with Crippen molar-refractivity contribution in [1.82, 2.24) is 31.1 Å². The van der Waals surface area contributed by atoms with Gasteiger partial charge in [0.15, 0.2) is 0 Å². The minimum Gasteiger partial charge on any atom is -0.347 e. The molecule has 2 bridgehead atoms. The highest BCUT2D eigenvalue weighted by atomic mass is 16.2. The fraction of sp³-hybridized carbons (Fsp3) is 0.675. The number of nitrogens with zero attached hydrogens (tertiary/aromatic N) is 2. The lowest BCUT2D eigenvalue weighted by molar-refractivity contribution is -0.149. The molecule has 13 heteroatoms. The van der Waals surface area contributed by atoms with Gasteiger partial charge in [0.2, 0.25) is 35.3 Å². The zero-order valence-electron chi connectivity index (χ0n) is 32.1. The van der Waals surface area contributed by atoms with Crippen molar-refractivity contribution in [2.75, 3.05) is 20.6 Å². The number of amides is 6. The molecule has 1 saturated heterocycles. The summed E-state index contributed by atoms with van der Waals surface area (Å²) in [7, 11) is 3.15. The van der Waals surface area contributed by atoms with Crippen LogP contribution >= 0.6 is 0 Å². The molecule has 4 N–H and O–H groups in total. The Labute approximate surface area is 313 Å². The van der Waals surface area contributed by atoms with Crippen molar-refractivity contribution in [3.05, 3.63) is 35.9 Å². The van der Waals surface area contributed by atoms with Gasteiger partial charge in [-0.05, 0) is 61.3 Å². The third-order valence-electron chi connectivity index (χ3n) is 11.6. The first kappa shape index (κ1) is 39.9. The molecule has 3 aliphatic carbocycles. The monoisotopic (exact) mass is 734 g/mol. The number of Topliss-reactive ketones (excluding diaryl/α,β-unsaturated/α-hetero) is 1. The molecule has 1 aliphatic heterocycles. The Morgan fingerprint density at radius 1 is 0.868 bits per heavy atom. The number of likely N-dealkylation sites (tertiary alicyclic amines) is 1. The maximum absolute atomic E-state index is 14.6. The molecule has 1 aromatic carbocycles. The molecule has 3 unspecified atom stereocenters. The summed E-state index contributed by atoms with van der Waals surface area (Å²) in [5.41, 5.74) is -0.131. The van der Waals surface area contributed by atoms with E-state index < -0.39 is 59.6 Å². The highest BCUT2D eigenvalue weighted by Gasteiger charge is 2.68. The van der Waals surface area contributed by atoms with E-state index in [0.29, 0.717) is 36.7 Å². The van der Waals surface area contributed by atoms with E-state index in [1.807, 2.05) is 27.7 Å². The van der Waals surface area contributed by atoms with Crippen LogP contribution in [0.5, 0.6) is 0 Å². The number of nitrogens with one attached hydrogen (secondary N) is 4. The smallest absolute Gasteiger partial charge is 0.290 e. The lowest BCUT2D eigenvalue weighted by Gasteiger charge is -2.40. The molecule has 0 aromatic heterocycles. The third-order valence-corrected chi connectivity index (χ3v) is 11.6. The molecule has 13 nitrogen and oxygen atoms in total. The first-order chi connectivity index (χ1) is 25.1. The van der Waals surface area contributed by atoms with E-state index in [-0.39, 0.29) is 42.0 Å². The molecule has 8 atom stereocenters. The van der Waals surface area contributed by atoms with Crippen LogP contribution in [0.4, 0.5) is 0 Å². The Bertz CT molecular complexity index is 1550. The Morgan fingerprint density at radius 3 is 2.17 bits per heavy atom. The molecule has 3 saturated carbocycles. The molecule has 4 aliphatic rings. The van der Waals surface area contributed by atoms with E-state index in [1.54, 1.807) is 49.3 Å². The number of likely N-dealkylation sites (N-methyl/N-ethyl adjacent to an activating group) is 1. The highest BCUT2D eigenvalue weighted by molar-refractivity contribution is 6.38. The van der Waals surface area contributed by atoms with Crippen LogP contribution in [0.3, 0.4) is 0 Å². The summed E-state index contributed by atoms with van der Waals surface area (Å²) in [5.74, 6) is -3.24. The summed E-state index contributed by atoms with van der Waals surface area (Å²) in [6.45, 7) is 6.84. The number of rotatable bonds is 15. The minimum atomic E-state index is -1.15. The Morgan fingerprint density at radius 2 is 1.55 bits per heavy atom. The normalized spacial score (nSPS) is 24.9. The van der Waals surface area contributed by atoms with Gasteiger partial charge in [-0.25, -0.2) is 0 Å². The van der Waals surface area contributed by atoms with Gasteiger partial charge in [-0.15, -0.1) is 0 Å². The molecular formula is C40H58N6O7. The van der Waals surface area contributed by atoms with Crippen LogP contribution in [0.2, 0.25) is 0 Å². The van der Waals surface area contributed by atoms with Crippen LogP contribution in [0.15, 0.2) is 30.3 Å². The van der Waals surface area contributed by atoms with E-state index in [4.69, 9.17) is 0 Å². The number of carbonyl (C=O) groups excluding carboxylic acids is 7. The Kier molecular flexibility index (Phi) is 12.7. The second-order valence-corrected chi connectivity index (χ2v) is 16.7. The summed E-state index contributed by atoms with van der Waals surface area (Å²) in [6, 6.07) is 4.93. The zero-order chi connectivity index (χ0) is 38.6. The maximum Gasteiger partial charge on any atom is 0.290 e. The van der Waals surface area contributed by atoms with Crippen molar-refractivity contribution in [2.24, 2.45) is 29.1 Å². The number of unbranched alkanes of at least 4 members (excludes halogenated alkanes) is 1. The predicted octanol–water partition coefficient (Wildman–Crippen LogP) is 2.64. The standard InChI is InChI=1S/C40H58N6O7/c1-7-8-19-28(34(48)36(50)41-22-30(47)43-31(37(51)45(5)6)23-15-11-9-12-16-23)42-35(49)33-27-21-29(26-20-25(26)27)46(33)38(52)32(24-17-13-10-14-18-24)44-39(53)40(2,3)4/h9,11-12,15-16,24-29,31-33H,7-8,10,13-14,17-22H2,1-6H3,(H,41,50)(H,42,49)(H,43,47)(H,44,53)/t25-,26+,27?,28?,29?,31+,32+,33+/m1/s1. The molecule has 290 valence electrons. The molecule has 5 rings (SSSR count). The van der Waals surface area contributed by atoms with Crippen LogP contribution in [-0.4, -0.2) is 95.8 Å². The average Bonchev–Trinajstić information content (AvgIpc) is 3.75. The van der Waals surface area contributed by atoms with Crippen LogP contribution in [0.1, 0.15) is 104 Å². The van der Waals surface area contributed by atoms with Crippen molar-refractivity contribution in [3.63, 3.8) is 0 Å². The lowest BCUT2D eigenvalue weighted by Crippen LogP contribution is -2.62. The second-order valence-electron chi connectivity index (χ2n) is 16.7. The number of benzene rings is 1. The first-order valence-electron chi connectivity index (χ1n) is 19.4. The van der Waals surface area contributed by atoms with Gasteiger partial charge in [0.25, 0.3) is 5.91 Å². The number of hydrogen-bond donors (Lipinski definition) is 4. The minimum absolute atomic E-state index is 0.0239. The molecular weight excluding hydrogens is 676 g/mol. The van der Waals surface area contributed by atoms with Gasteiger partial charge < -0.3 is 31.1 Å². The van der Waals surface area contributed by atoms with E-state index in [0.717, 1.165) is 38.5 Å². The fourth-order valence-corrected chi connectivity index (χ4v) is 8.63. The fourth-order valence-electron chi connectivity index (χ4n) is 8.63. The molecule has 1 heterocycles. The number of piperidine rings is 1. The van der Waals surface area contributed by atoms with Gasteiger partial charge in [0.1, 0.15) is 18.1 Å². The summed E-state index contributed by atoms with van der Waals surface area (Å²) >= 11 is 0. The number of fused-ring (bicyclic) bond motifs is 5. The lowest BCUT2D eigenvalue weighted by atomic mass is 9.82. The molecule has 53 heavy (non-hydrogen) atoms. The van der Waals surface area contributed by atoms with Crippen LogP contribution in [0, 0.1) is 29.1 Å². The largest absolute Gasteiger partial charge is 0.347 e. The number of hydrogen-bond acceptors (Lipinski definition) is 7. The molecule has 1 aromatic rings. The summed E-state index contributed by atoms with van der Waals surface area (Å²) in [5, 5.41) is 11.0. The molecule has 0 spiro atoms.